The maximum atomic E-state index is 3.78. The van der Waals surface area contributed by atoms with E-state index in [0.717, 1.165) is 15.7 Å². The van der Waals surface area contributed by atoms with Gasteiger partial charge in [-0.3, -0.25) is 0 Å². The van der Waals surface area contributed by atoms with Crippen LogP contribution in [0, 0.1) is 12.1 Å². The fourth-order valence-electron chi connectivity index (χ4n) is 6.57. The molecular weight excluding hydrogens is 538 g/mol. The first-order valence-electron chi connectivity index (χ1n) is 13.3. The first-order chi connectivity index (χ1) is 19.0. The largest absolute Gasteiger partial charge is 0.301 e. The highest BCUT2D eigenvalue weighted by Gasteiger charge is 2.36. The van der Waals surface area contributed by atoms with Gasteiger partial charge in [0.15, 0.2) is 0 Å². The van der Waals surface area contributed by atoms with E-state index in [2.05, 4.69) is 150 Å². The molecule has 7 aromatic rings. The SMILES string of the molecule is CC1(C)c2ccccc2-c2cc3c4ccc#cc4n(-c4cc(Br)ccc4-c4ccc5ccccc5c4)c3cc21. The van der Waals surface area contributed by atoms with Crippen molar-refractivity contribution in [2.45, 2.75) is 19.3 Å². The molecule has 1 aromatic heterocycles. The van der Waals surface area contributed by atoms with Crippen molar-refractivity contribution in [1.82, 2.24) is 4.57 Å². The highest BCUT2D eigenvalue weighted by molar-refractivity contribution is 9.10. The van der Waals surface area contributed by atoms with Gasteiger partial charge in [0.2, 0.25) is 0 Å². The Morgan fingerprint density at radius 2 is 1.49 bits per heavy atom. The van der Waals surface area contributed by atoms with E-state index in [1.54, 1.807) is 0 Å². The second-order valence-corrected chi connectivity index (χ2v) is 11.9. The van der Waals surface area contributed by atoms with Gasteiger partial charge in [-0.25, -0.2) is 0 Å². The lowest BCUT2D eigenvalue weighted by molar-refractivity contribution is 0.661. The van der Waals surface area contributed by atoms with Gasteiger partial charge in [0.1, 0.15) is 5.52 Å². The summed E-state index contributed by atoms with van der Waals surface area (Å²) < 4.78 is 3.43. The van der Waals surface area contributed by atoms with Gasteiger partial charge in [-0.15, -0.1) is 0 Å². The quantitative estimate of drug-likeness (QED) is 0.198. The van der Waals surface area contributed by atoms with Crippen LogP contribution in [0.1, 0.15) is 25.0 Å². The number of benzene rings is 5. The number of fused-ring (bicyclic) bond motifs is 7. The van der Waals surface area contributed by atoms with Crippen molar-refractivity contribution in [3.8, 4) is 27.9 Å². The van der Waals surface area contributed by atoms with E-state index >= 15 is 0 Å². The number of halogens is 1. The molecule has 0 aliphatic heterocycles. The van der Waals surface area contributed by atoms with Gasteiger partial charge in [0.05, 0.1) is 11.2 Å². The summed E-state index contributed by atoms with van der Waals surface area (Å²) >= 11 is 3.78. The zero-order valence-corrected chi connectivity index (χ0v) is 23.3. The summed E-state index contributed by atoms with van der Waals surface area (Å²) in [6.07, 6.45) is 0. The van der Waals surface area contributed by atoms with Crippen LogP contribution >= 0.6 is 15.9 Å². The number of hydrogen-bond donors (Lipinski definition) is 0. The predicted octanol–water partition coefficient (Wildman–Crippen LogP) is 10.3. The standard InChI is InChI=1S/C37H24BrN/c1-37(2)32-13-7-5-11-28(32)30-21-31-29-12-6-8-14-34(29)39(36(31)22-33(30)37)35-20-26(38)17-18-27(35)25-16-15-23-9-3-4-10-24(23)19-25/h3-7,9-13,15-22H,1-2H3. The second-order valence-electron chi connectivity index (χ2n) is 11.0. The van der Waals surface area contributed by atoms with Crippen molar-refractivity contribution in [3.63, 3.8) is 0 Å². The van der Waals surface area contributed by atoms with Crippen LogP contribution in [0.2, 0.25) is 0 Å². The molecule has 0 fully saturated rings. The van der Waals surface area contributed by atoms with Gasteiger partial charge in [-0.1, -0.05) is 103 Å². The smallest absolute Gasteiger partial charge is 0.105 e. The Labute approximate surface area is 236 Å². The molecule has 0 saturated heterocycles. The summed E-state index contributed by atoms with van der Waals surface area (Å²) in [6.45, 7) is 4.69. The molecule has 1 heterocycles. The monoisotopic (exact) mass is 561 g/mol. The third kappa shape index (κ3) is 3.21. The average Bonchev–Trinajstić information content (AvgIpc) is 3.40. The Balaban J connectivity index is 1.47. The fourth-order valence-corrected chi connectivity index (χ4v) is 6.92. The second kappa shape index (κ2) is 8.09. The normalized spacial score (nSPS) is 13.5. The van der Waals surface area contributed by atoms with Crippen molar-refractivity contribution >= 4 is 48.5 Å². The maximum Gasteiger partial charge on any atom is 0.105 e. The first-order valence-corrected chi connectivity index (χ1v) is 14.1. The van der Waals surface area contributed by atoms with E-state index in [9.17, 15) is 0 Å². The van der Waals surface area contributed by atoms with E-state index in [1.165, 1.54) is 60.4 Å². The maximum absolute atomic E-state index is 3.78. The van der Waals surface area contributed by atoms with Crippen LogP contribution < -0.4 is 0 Å². The lowest BCUT2D eigenvalue weighted by atomic mass is 9.82. The predicted molar refractivity (Wildman–Crippen MR) is 167 cm³/mol. The van der Waals surface area contributed by atoms with Crippen molar-refractivity contribution in [1.29, 1.82) is 0 Å². The van der Waals surface area contributed by atoms with Gasteiger partial charge in [0.25, 0.3) is 0 Å². The fraction of sp³-hybridized carbons (Fsp3) is 0.0811. The molecule has 0 bridgehead atoms. The highest BCUT2D eigenvalue weighted by atomic mass is 79.9. The van der Waals surface area contributed by atoms with Crippen LogP contribution in [0.15, 0.2) is 114 Å². The molecular formula is C37H24BrN. The van der Waals surface area contributed by atoms with Gasteiger partial charge in [0, 0.05) is 26.2 Å². The molecule has 8 rings (SSSR count). The van der Waals surface area contributed by atoms with Crippen LogP contribution in [0.4, 0.5) is 0 Å². The minimum atomic E-state index is -0.0737. The molecule has 0 unspecified atom stereocenters. The van der Waals surface area contributed by atoms with E-state index in [-0.39, 0.29) is 5.41 Å². The molecule has 1 aliphatic rings. The number of rotatable bonds is 2. The summed E-state index contributed by atoms with van der Waals surface area (Å²) in [7, 11) is 0. The summed E-state index contributed by atoms with van der Waals surface area (Å²) in [5, 5.41) is 4.92. The summed E-state index contributed by atoms with van der Waals surface area (Å²) in [5.41, 5.74) is 11.1. The Morgan fingerprint density at radius 3 is 2.38 bits per heavy atom. The van der Waals surface area contributed by atoms with E-state index in [0.29, 0.717) is 0 Å². The molecule has 0 N–H and O–H groups in total. The molecule has 39 heavy (non-hydrogen) atoms. The molecule has 0 amide bonds. The molecule has 2 heteroatoms. The zero-order chi connectivity index (χ0) is 26.3. The van der Waals surface area contributed by atoms with Gasteiger partial charge in [-0.2, -0.15) is 0 Å². The Hall–Kier alpha value is -4.32. The summed E-state index contributed by atoms with van der Waals surface area (Å²) in [4.78, 5) is 0. The summed E-state index contributed by atoms with van der Waals surface area (Å²) in [5.74, 6) is 0. The van der Waals surface area contributed by atoms with Gasteiger partial charge in [-0.05, 0) is 87.1 Å². The molecule has 1 nitrogen and oxygen atoms in total. The van der Waals surface area contributed by atoms with Crippen LogP contribution in [0.3, 0.4) is 0 Å². The third-order valence-corrected chi connectivity index (χ3v) is 8.99. The average molecular weight is 563 g/mol. The van der Waals surface area contributed by atoms with Crippen LogP contribution in [-0.4, -0.2) is 4.57 Å². The molecule has 0 spiro atoms. The Morgan fingerprint density at radius 1 is 0.667 bits per heavy atom. The molecule has 184 valence electrons. The minimum Gasteiger partial charge on any atom is -0.301 e. The molecule has 0 radical (unpaired) electrons. The zero-order valence-electron chi connectivity index (χ0n) is 21.7. The summed E-state index contributed by atoms with van der Waals surface area (Å²) in [6, 6.07) is 46.4. The lowest BCUT2D eigenvalue weighted by Gasteiger charge is -2.22. The van der Waals surface area contributed by atoms with Crippen molar-refractivity contribution in [3.05, 3.63) is 137 Å². The topological polar surface area (TPSA) is 4.93 Å². The lowest BCUT2D eigenvalue weighted by Crippen LogP contribution is -2.15. The van der Waals surface area contributed by atoms with E-state index < -0.39 is 0 Å². The van der Waals surface area contributed by atoms with Gasteiger partial charge >= 0.3 is 0 Å². The van der Waals surface area contributed by atoms with Crippen LogP contribution in [-0.2, 0) is 5.41 Å². The van der Waals surface area contributed by atoms with Crippen molar-refractivity contribution < 1.29 is 0 Å². The Kier molecular flexibility index (Phi) is 4.70. The number of nitrogens with zero attached hydrogens (tertiary/aromatic N) is 1. The van der Waals surface area contributed by atoms with E-state index in [4.69, 9.17) is 0 Å². The van der Waals surface area contributed by atoms with Crippen LogP contribution in [0.25, 0.3) is 60.5 Å². The molecule has 6 aromatic carbocycles. The minimum absolute atomic E-state index is 0.0737. The highest BCUT2D eigenvalue weighted by Crippen LogP contribution is 2.51. The molecule has 0 saturated carbocycles. The molecule has 1 aliphatic carbocycles. The van der Waals surface area contributed by atoms with Crippen LogP contribution in [0.5, 0.6) is 0 Å². The number of hydrogen-bond acceptors (Lipinski definition) is 0. The van der Waals surface area contributed by atoms with Crippen molar-refractivity contribution in [2.24, 2.45) is 0 Å². The number of aromatic nitrogens is 1. The first kappa shape index (κ1) is 22.6. The van der Waals surface area contributed by atoms with Gasteiger partial charge < -0.3 is 4.57 Å². The van der Waals surface area contributed by atoms with Crippen molar-refractivity contribution in [2.75, 3.05) is 0 Å². The molecule has 0 atom stereocenters. The third-order valence-electron chi connectivity index (χ3n) is 8.49. The Bertz CT molecular complexity index is 2110. The van der Waals surface area contributed by atoms with E-state index in [1.807, 2.05) is 6.07 Å².